The Morgan fingerprint density at radius 2 is 1.90 bits per heavy atom. The fourth-order valence-corrected chi connectivity index (χ4v) is 3.61. The maximum absolute atomic E-state index is 11.9. The molecule has 5 N–H and O–H groups in total. The second kappa shape index (κ2) is 9.33. The van der Waals surface area contributed by atoms with Crippen LogP contribution >= 0.6 is 0 Å². The van der Waals surface area contributed by atoms with E-state index in [-0.39, 0.29) is 5.91 Å². The lowest BCUT2D eigenvalue weighted by molar-refractivity contribution is -0.315. The summed E-state index contributed by atoms with van der Waals surface area (Å²) >= 11 is 0. The third kappa shape index (κ3) is 4.58. The largest absolute Gasteiger partial charge is 0.461 e. The Kier molecular flexibility index (Phi) is 6.98. The molecule has 0 aliphatic carbocycles. The lowest BCUT2D eigenvalue weighted by Gasteiger charge is -2.45. The lowest BCUT2D eigenvalue weighted by Crippen LogP contribution is -2.66. The fourth-order valence-electron chi connectivity index (χ4n) is 3.61. The number of ether oxygens (including phenoxy) is 2. The van der Waals surface area contributed by atoms with Crippen LogP contribution in [0.15, 0.2) is 42.5 Å². The van der Waals surface area contributed by atoms with Crippen LogP contribution in [-0.2, 0) is 11.2 Å². The van der Waals surface area contributed by atoms with Crippen LogP contribution in [0, 0.1) is 0 Å². The highest BCUT2D eigenvalue weighted by molar-refractivity contribution is 5.95. The Hall–Kier alpha value is -2.49. The van der Waals surface area contributed by atoms with E-state index in [1.807, 2.05) is 31.2 Å². The molecule has 0 radical (unpaired) electrons. The number of nitrogens with one attached hydrogen (secondary N) is 1. The highest BCUT2D eigenvalue weighted by atomic mass is 16.7. The Morgan fingerprint density at radius 1 is 1.19 bits per heavy atom. The first-order chi connectivity index (χ1) is 14.7. The number of hydrogen-bond donors (Lipinski definition) is 5. The molecule has 0 bridgehead atoms. The second-order valence-corrected chi connectivity index (χ2v) is 7.80. The summed E-state index contributed by atoms with van der Waals surface area (Å²) < 4.78 is 11.4. The summed E-state index contributed by atoms with van der Waals surface area (Å²) in [6.07, 6.45) is -4.77. The zero-order chi connectivity index (χ0) is 22.8. The molecule has 0 unspecified atom stereocenters. The van der Waals surface area contributed by atoms with Crippen LogP contribution in [0.2, 0.25) is 0 Å². The maximum Gasteiger partial charge on any atom is 0.251 e. The number of aliphatic hydroxyl groups excluding tert-OH is 3. The summed E-state index contributed by atoms with van der Waals surface area (Å²) in [5.74, 6) is 0.271. The van der Waals surface area contributed by atoms with E-state index in [0.717, 1.165) is 16.7 Å². The normalized spacial score (nSPS) is 28.2. The first-order valence-corrected chi connectivity index (χ1v) is 10.2. The van der Waals surface area contributed by atoms with Gasteiger partial charge in [-0.05, 0) is 54.3 Å². The smallest absolute Gasteiger partial charge is 0.251 e. The number of hydrogen-bond acceptors (Lipinski definition) is 7. The van der Waals surface area contributed by atoms with Crippen molar-refractivity contribution in [3.63, 3.8) is 0 Å². The van der Waals surface area contributed by atoms with E-state index < -0.39 is 36.8 Å². The van der Waals surface area contributed by atoms with Gasteiger partial charge >= 0.3 is 0 Å². The van der Waals surface area contributed by atoms with Gasteiger partial charge in [-0.2, -0.15) is 0 Å². The molecule has 2 aromatic rings. The number of aliphatic hydroxyl groups is 4. The van der Waals surface area contributed by atoms with Crippen molar-refractivity contribution in [1.82, 2.24) is 5.32 Å². The van der Waals surface area contributed by atoms with Gasteiger partial charge in [0, 0.05) is 12.6 Å². The minimum absolute atomic E-state index is 0.173. The van der Waals surface area contributed by atoms with Gasteiger partial charge in [0.05, 0.1) is 6.61 Å². The van der Waals surface area contributed by atoms with E-state index in [9.17, 15) is 25.2 Å². The van der Waals surface area contributed by atoms with Gasteiger partial charge in [-0.1, -0.05) is 25.1 Å². The van der Waals surface area contributed by atoms with E-state index in [4.69, 9.17) is 9.47 Å². The van der Waals surface area contributed by atoms with Crippen molar-refractivity contribution in [2.45, 2.75) is 50.5 Å². The van der Waals surface area contributed by atoms with E-state index in [2.05, 4.69) is 5.32 Å². The van der Waals surface area contributed by atoms with Crippen molar-refractivity contribution < 1.29 is 34.7 Å². The van der Waals surface area contributed by atoms with Crippen LogP contribution in [0.4, 0.5) is 0 Å². The van der Waals surface area contributed by atoms with E-state index in [1.165, 1.54) is 6.92 Å². The molecule has 1 heterocycles. The van der Waals surface area contributed by atoms with E-state index in [0.29, 0.717) is 17.7 Å². The predicted molar refractivity (Wildman–Crippen MR) is 114 cm³/mol. The number of carbonyl (C=O) groups excluding carboxylic acids is 1. The van der Waals surface area contributed by atoms with Gasteiger partial charge in [-0.3, -0.25) is 4.79 Å². The highest BCUT2D eigenvalue weighted by Gasteiger charge is 2.53. The first-order valence-electron chi connectivity index (χ1n) is 10.2. The Bertz CT molecular complexity index is 930. The molecule has 1 amide bonds. The summed E-state index contributed by atoms with van der Waals surface area (Å²) in [5, 5.41) is 43.0. The summed E-state index contributed by atoms with van der Waals surface area (Å²) in [7, 11) is 1.58. The summed E-state index contributed by atoms with van der Waals surface area (Å²) in [6.45, 7) is 2.72. The number of rotatable bonds is 6. The van der Waals surface area contributed by atoms with Crippen LogP contribution in [0.1, 0.15) is 29.8 Å². The number of amides is 1. The number of aryl methyl sites for hydroxylation is 1. The average Bonchev–Trinajstić information content (AvgIpc) is 2.79. The quantitative estimate of drug-likeness (QED) is 0.459. The third-order valence-corrected chi connectivity index (χ3v) is 5.62. The highest BCUT2D eigenvalue weighted by Crippen LogP contribution is 2.34. The van der Waals surface area contributed by atoms with Crippen LogP contribution in [0.25, 0.3) is 11.1 Å². The van der Waals surface area contributed by atoms with Crippen molar-refractivity contribution in [1.29, 1.82) is 0 Å². The molecule has 3 rings (SSSR count). The van der Waals surface area contributed by atoms with Crippen molar-refractivity contribution in [2.24, 2.45) is 0 Å². The van der Waals surface area contributed by atoms with Gasteiger partial charge in [0.25, 0.3) is 5.91 Å². The molecule has 0 aromatic heterocycles. The zero-order valence-electron chi connectivity index (χ0n) is 17.8. The number of benzene rings is 2. The maximum atomic E-state index is 11.9. The van der Waals surface area contributed by atoms with Gasteiger partial charge in [-0.25, -0.2) is 0 Å². The van der Waals surface area contributed by atoms with Crippen LogP contribution < -0.4 is 10.1 Å². The van der Waals surface area contributed by atoms with Gasteiger partial charge in [0.1, 0.15) is 24.1 Å². The molecule has 8 nitrogen and oxygen atoms in total. The first kappa shape index (κ1) is 23.2. The van der Waals surface area contributed by atoms with E-state index in [1.54, 1.807) is 25.2 Å². The topological polar surface area (TPSA) is 128 Å². The van der Waals surface area contributed by atoms with Crippen molar-refractivity contribution in [2.75, 3.05) is 13.7 Å². The van der Waals surface area contributed by atoms with Crippen molar-refractivity contribution in [3.8, 4) is 16.9 Å². The fraction of sp³-hybridized carbons (Fsp3) is 0.435. The summed E-state index contributed by atoms with van der Waals surface area (Å²) in [4.78, 5) is 11.9. The SMILES string of the molecule is CCc1cc(-c2cccc(C(=O)NC)c2)ccc1O[C@@H]1O[C@@H](CO)[C@H](O)[C@@H](O)[C@@]1(C)O. The average molecular weight is 431 g/mol. The summed E-state index contributed by atoms with van der Waals surface area (Å²) in [5.41, 5.74) is 1.23. The zero-order valence-corrected chi connectivity index (χ0v) is 17.8. The lowest BCUT2D eigenvalue weighted by atomic mass is 9.88. The number of carbonyl (C=O) groups is 1. The summed E-state index contributed by atoms with van der Waals surface area (Å²) in [6, 6.07) is 12.7. The molecule has 1 aliphatic rings. The Labute approximate surface area is 181 Å². The molecule has 0 saturated carbocycles. The minimum atomic E-state index is -1.89. The van der Waals surface area contributed by atoms with E-state index >= 15 is 0 Å². The van der Waals surface area contributed by atoms with Gasteiger partial charge in [-0.15, -0.1) is 0 Å². The molecular weight excluding hydrogens is 402 g/mol. The molecule has 168 valence electrons. The van der Waals surface area contributed by atoms with Crippen molar-refractivity contribution >= 4 is 5.91 Å². The molecule has 2 aromatic carbocycles. The standard InChI is InChI=1S/C23H29NO7/c1-4-13-10-15(14-6-5-7-16(11-14)21(28)24-3)8-9-17(13)30-22-23(2,29)20(27)19(26)18(12-25)31-22/h5-11,18-20,22,25-27,29H,4,12H2,1-3H3,(H,24,28)/t18-,19-,20+,22+,23+/m0/s1. The second-order valence-electron chi connectivity index (χ2n) is 7.80. The Balaban J connectivity index is 1.89. The van der Waals surface area contributed by atoms with Crippen LogP contribution in [0.5, 0.6) is 5.75 Å². The van der Waals surface area contributed by atoms with Gasteiger partial charge in [0.2, 0.25) is 6.29 Å². The monoisotopic (exact) mass is 431 g/mol. The molecule has 1 saturated heterocycles. The molecule has 1 aliphatic heterocycles. The predicted octanol–water partition coefficient (Wildman–Crippen LogP) is 0.844. The molecule has 31 heavy (non-hydrogen) atoms. The molecule has 8 heteroatoms. The minimum Gasteiger partial charge on any atom is -0.461 e. The van der Waals surface area contributed by atoms with Gasteiger partial charge < -0.3 is 35.2 Å². The Morgan fingerprint density at radius 3 is 2.55 bits per heavy atom. The molecule has 0 spiro atoms. The molecule has 5 atom stereocenters. The molecule has 1 fully saturated rings. The van der Waals surface area contributed by atoms with Crippen LogP contribution in [0.3, 0.4) is 0 Å². The third-order valence-electron chi connectivity index (χ3n) is 5.62. The van der Waals surface area contributed by atoms with Crippen molar-refractivity contribution in [3.05, 3.63) is 53.6 Å². The van der Waals surface area contributed by atoms with Crippen LogP contribution in [-0.4, -0.2) is 70.2 Å². The molecular formula is C23H29NO7. The van der Waals surface area contributed by atoms with Gasteiger partial charge in [0.15, 0.2) is 5.60 Å².